The van der Waals surface area contributed by atoms with Gasteiger partial charge in [-0.2, -0.15) is 15.3 Å². The fourth-order valence-electron chi connectivity index (χ4n) is 4.37. The van der Waals surface area contributed by atoms with Gasteiger partial charge in [0.15, 0.2) is 0 Å². The molecular weight excluding hydrogens is 431 g/mol. The number of benzene rings is 2. The van der Waals surface area contributed by atoms with Crippen molar-refractivity contribution in [3.8, 4) is 28.5 Å². The Kier molecular flexibility index (Phi) is 5.59. The number of nitrogens with two attached hydrogens (primary N) is 1. The molecule has 9 heteroatoms. The van der Waals surface area contributed by atoms with Crippen LogP contribution >= 0.6 is 0 Å². The van der Waals surface area contributed by atoms with Crippen molar-refractivity contribution >= 4 is 22.7 Å². The molecule has 5 rings (SSSR count). The molecule has 0 radical (unpaired) electrons. The molecule has 0 amide bonds. The molecule has 34 heavy (non-hydrogen) atoms. The number of aromatic nitrogens is 4. The van der Waals surface area contributed by atoms with Crippen LogP contribution in [0.2, 0.25) is 0 Å². The lowest BCUT2D eigenvalue weighted by atomic mass is 9.98. The summed E-state index contributed by atoms with van der Waals surface area (Å²) in [5, 5.41) is 17.9. The number of aryl methyl sites for hydroxylation is 1. The van der Waals surface area contributed by atoms with E-state index in [4.69, 9.17) is 15.7 Å². The van der Waals surface area contributed by atoms with E-state index >= 15 is 0 Å². The van der Waals surface area contributed by atoms with Gasteiger partial charge in [0.1, 0.15) is 12.0 Å². The highest BCUT2D eigenvalue weighted by atomic mass is 19.1. The molecule has 172 valence electrons. The van der Waals surface area contributed by atoms with Crippen LogP contribution in [0.5, 0.6) is 0 Å². The van der Waals surface area contributed by atoms with E-state index in [0.29, 0.717) is 36.0 Å². The normalized spacial score (nSPS) is 18.1. The van der Waals surface area contributed by atoms with Gasteiger partial charge in [-0.1, -0.05) is 18.2 Å². The maximum absolute atomic E-state index is 14.4. The maximum Gasteiger partial charge on any atom is 0.228 e. The van der Waals surface area contributed by atoms with Gasteiger partial charge in [-0.3, -0.25) is 4.68 Å². The molecule has 3 N–H and O–H groups in total. The molecule has 2 unspecified atom stereocenters. The van der Waals surface area contributed by atoms with Gasteiger partial charge in [0.2, 0.25) is 5.95 Å². The molecule has 2 aromatic carbocycles. The number of piperidine rings is 1. The van der Waals surface area contributed by atoms with Gasteiger partial charge in [0.25, 0.3) is 0 Å². The van der Waals surface area contributed by atoms with Gasteiger partial charge in [-0.05, 0) is 36.2 Å². The summed E-state index contributed by atoms with van der Waals surface area (Å²) in [5.41, 5.74) is 10.6. The Morgan fingerprint density at radius 2 is 1.91 bits per heavy atom. The third-order valence-corrected chi connectivity index (χ3v) is 6.20. The number of fused-ring (bicyclic) bond motifs is 1. The molecule has 2 aromatic heterocycles. The number of nitrogens with zero attached hydrogens (tertiary/aromatic N) is 6. The van der Waals surface area contributed by atoms with Crippen LogP contribution in [0.1, 0.15) is 12.0 Å². The highest BCUT2D eigenvalue weighted by Crippen LogP contribution is 2.38. The highest BCUT2D eigenvalue weighted by molar-refractivity contribution is 5.93. The Labute approximate surface area is 196 Å². The first-order valence-electron chi connectivity index (χ1n) is 11.2. The van der Waals surface area contributed by atoms with Crippen LogP contribution in [0.3, 0.4) is 0 Å². The minimum atomic E-state index is -1.14. The molecule has 3 heterocycles. The Morgan fingerprint density at radius 1 is 1.15 bits per heavy atom. The van der Waals surface area contributed by atoms with Crippen LogP contribution in [0.25, 0.3) is 33.3 Å². The molecule has 4 aromatic rings. The van der Waals surface area contributed by atoms with Crippen molar-refractivity contribution in [1.29, 1.82) is 5.26 Å². The first-order valence-corrected chi connectivity index (χ1v) is 11.2. The van der Waals surface area contributed by atoms with Crippen molar-refractivity contribution in [2.75, 3.05) is 30.4 Å². The second-order valence-electron chi connectivity index (χ2n) is 8.53. The maximum atomic E-state index is 14.4. The van der Waals surface area contributed by atoms with Crippen LogP contribution in [0, 0.1) is 11.3 Å². The molecular formula is C25H25FN8. The number of nitrogens with one attached hydrogen (secondary N) is 1. The van der Waals surface area contributed by atoms with Crippen molar-refractivity contribution in [2.45, 2.75) is 18.6 Å². The van der Waals surface area contributed by atoms with E-state index in [2.05, 4.69) is 22.6 Å². The van der Waals surface area contributed by atoms with E-state index in [1.54, 1.807) is 16.8 Å². The third-order valence-electron chi connectivity index (χ3n) is 6.20. The monoisotopic (exact) mass is 456 g/mol. The summed E-state index contributed by atoms with van der Waals surface area (Å²) >= 11 is 0. The fraction of sp³-hybridized carbons (Fsp3) is 0.280. The largest absolute Gasteiger partial charge is 0.372 e. The van der Waals surface area contributed by atoms with E-state index in [0.717, 1.165) is 27.6 Å². The molecule has 0 spiro atoms. The van der Waals surface area contributed by atoms with Crippen molar-refractivity contribution < 1.29 is 4.39 Å². The zero-order valence-corrected chi connectivity index (χ0v) is 19.0. The zero-order valence-electron chi connectivity index (χ0n) is 19.0. The second kappa shape index (κ2) is 8.72. The summed E-state index contributed by atoms with van der Waals surface area (Å²) in [6.45, 7) is 0.733. The zero-order chi connectivity index (χ0) is 23.8. The average molecular weight is 457 g/mol. The quantitative estimate of drug-likeness (QED) is 0.484. The smallest absolute Gasteiger partial charge is 0.228 e. The number of hydrogen-bond acceptors (Lipinski definition) is 7. The fourth-order valence-corrected chi connectivity index (χ4v) is 4.37. The Morgan fingerprint density at radius 3 is 2.62 bits per heavy atom. The van der Waals surface area contributed by atoms with Crippen LogP contribution in [0.4, 0.5) is 16.2 Å². The summed E-state index contributed by atoms with van der Waals surface area (Å²) in [5.74, 6) is 1.09. The molecule has 1 aliphatic rings. The molecule has 0 aliphatic carbocycles. The number of alkyl halides is 1. The van der Waals surface area contributed by atoms with Crippen molar-refractivity contribution in [1.82, 2.24) is 19.7 Å². The molecule has 0 saturated carbocycles. The molecule has 2 atom stereocenters. The second-order valence-corrected chi connectivity index (χ2v) is 8.53. The SMILES string of the molecule is CNc1nc(N2CCC(N)C(F)C2)nc(-c2ccc(C#N)cc2)c1-c1ccc2nn(C)cc2c1. The highest BCUT2D eigenvalue weighted by Gasteiger charge is 2.29. The number of nitriles is 1. The van der Waals surface area contributed by atoms with Crippen molar-refractivity contribution in [3.63, 3.8) is 0 Å². The van der Waals surface area contributed by atoms with E-state index in [-0.39, 0.29) is 6.54 Å². The van der Waals surface area contributed by atoms with Gasteiger partial charge in [0, 0.05) is 43.8 Å². The minimum absolute atomic E-state index is 0.151. The predicted octanol–water partition coefficient (Wildman–Crippen LogP) is 3.49. The van der Waals surface area contributed by atoms with Gasteiger partial charge >= 0.3 is 0 Å². The topological polar surface area (TPSA) is 109 Å². The van der Waals surface area contributed by atoms with E-state index in [9.17, 15) is 9.65 Å². The molecule has 1 aliphatic heterocycles. The van der Waals surface area contributed by atoms with Gasteiger partial charge in [0.05, 0.1) is 35.0 Å². The van der Waals surface area contributed by atoms with Crippen molar-refractivity contribution in [3.05, 3.63) is 54.2 Å². The summed E-state index contributed by atoms with van der Waals surface area (Å²) < 4.78 is 16.2. The first-order chi connectivity index (χ1) is 16.5. The van der Waals surface area contributed by atoms with E-state index in [1.165, 1.54) is 0 Å². The van der Waals surface area contributed by atoms with E-state index in [1.807, 2.05) is 49.5 Å². The van der Waals surface area contributed by atoms with Crippen LogP contribution < -0.4 is 16.0 Å². The lowest BCUT2D eigenvalue weighted by molar-refractivity contribution is 0.250. The Bertz CT molecular complexity index is 1390. The Balaban J connectivity index is 1.70. The lowest BCUT2D eigenvalue weighted by Gasteiger charge is -2.33. The third kappa shape index (κ3) is 3.93. The number of hydrogen-bond donors (Lipinski definition) is 2. The van der Waals surface area contributed by atoms with Gasteiger partial charge in [-0.25, -0.2) is 9.37 Å². The minimum Gasteiger partial charge on any atom is -0.372 e. The van der Waals surface area contributed by atoms with Crippen molar-refractivity contribution in [2.24, 2.45) is 12.8 Å². The van der Waals surface area contributed by atoms with E-state index < -0.39 is 12.2 Å². The number of halogens is 1. The summed E-state index contributed by atoms with van der Waals surface area (Å²) in [7, 11) is 3.70. The number of rotatable bonds is 4. The summed E-state index contributed by atoms with van der Waals surface area (Å²) in [6.07, 6.45) is 1.36. The standard InChI is InChI=1S/C25H25FN8/c1-29-24-22(17-7-8-21-18(11-17)13-33(2)32-21)23(16-5-3-15(12-27)4-6-16)30-25(31-24)34-10-9-20(28)19(26)14-34/h3-8,11,13,19-20H,9-10,14,28H2,1-2H3,(H,29,30,31). The van der Waals surface area contributed by atoms with Crippen LogP contribution in [-0.4, -0.2) is 52.1 Å². The first kappa shape index (κ1) is 21.8. The lowest BCUT2D eigenvalue weighted by Crippen LogP contribution is -2.49. The Hall–Kier alpha value is -4.03. The predicted molar refractivity (Wildman–Crippen MR) is 131 cm³/mol. The summed E-state index contributed by atoms with van der Waals surface area (Å²) in [6, 6.07) is 15.0. The average Bonchev–Trinajstić information content (AvgIpc) is 3.24. The molecule has 1 saturated heterocycles. The van der Waals surface area contributed by atoms with Gasteiger partial charge < -0.3 is 16.0 Å². The summed E-state index contributed by atoms with van der Waals surface area (Å²) in [4.78, 5) is 11.5. The number of anilines is 2. The molecule has 0 bridgehead atoms. The molecule has 1 fully saturated rings. The van der Waals surface area contributed by atoms with Crippen LogP contribution in [-0.2, 0) is 7.05 Å². The van der Waals surface area contributed by atoms with Gasteiger partial charge in [-0.15, -0.1) is 0 Å². The molecule has 8 nitrogen and oxygen atoms in total. The van der Waals surface area contributed by atoms with Crippen LogP contribution in [0.15, 0.2) is 48.7 Å².